The van der Waals surface area contributed by atoms with E-state index in [0.717, 1.165) is 5.56 Å². The van der Waals surface area contributed by atoms with Gasteiger partial charge in [-0.1, -0.05) is 30.3 Å². The Labute approximate surface area is 104 Å². The van der Waals surface area contributed by atoms with Crippen LogP contribution >= 0.6 is 0 Å². The van der Waals surface area contributed by atoms with Crippen LogP contribution in [-0.2, 0) is 22.1 Å². The summed E-state index contributed by atoms with van der Waals surface area (Å²) >= 11 is 0. The topological polar surface area (TPSA) is 58.2 Å². The summed E-state index contributed by atoms with van der Waals surface area (Å²) in [5, 5.41) is 5.76. The predicted octanol–water partition coefficient (Wildman–Crippen LogP) is 0.271. The van der Waals surface area contributed by atoms with E-state index in [-0.39, 0.29) is 12.5 Å². The fourth-order valence-electron chi connectivity index (χ4n) is 1.28. The third kappa shape index (κ3) is 6.86. The highest BCUT2D eigenvalue weighted by Crippen LogP contribution is 1.96. The fraction of sp³-hybridized carbons (Fsp3) is 0.417. The van der Waals surface area contributed by atoms with Gasteiger partial charge in [-0.05, 0) is 5.56 Å². The molecule has 0 bridgehead atoms. The van der Waals surface area contributed by atoms with Gasteiger partial charge < -0.3 is 10.6 Å². The minimum Gasteiger partial charge on any atom is -0.351 e. The highest BCUT2D eigenvalue weighted by Gasteiger charge is 2.00. The smallest absolute Gasteiger partial charge is 0.234 e. The Hall–Kier alpha value is -1.20. The Morgan fingerprint density at radius 1 is 1.29 bits per heavy atom. The lowest BCUT2D eigenvalue weighted by Gasteiger charge is -2.06. The SMILES string of the molecule is CS(=O)CCNCC(=O)NCc1ccccc1. The van der Waals surface area contributed by atoms with Crippen LogP contribution in [-0.4, -0.2) is 35.2 Å². The maximum atomic E-state index is 11.4. The molecule has 0 fully saturated rings. The molecule has 0 spiro atoms. The minimum atomic E-state index is -0.808. The molecule has 0 saturated carbocycles. The summed E-state index contributed by atoms with van der Waals surface area (Å²) in [7, 11) is -0.808. The van der Waals surface area contributed by atoms with Crippen molar-refractivity contribution in [2.24, 2.45) is 0 Å². The van der Waals surface area contributed by atoms with Crippen LogP contribution in [0.1, 0.15) is 5.56 Å². The van der Waals surface area contributed by atoms with Crippen molar-refractivity contribution >= 4 is 16.7 Å². The van der Waals surface area contributed by atoms with Gasteiger partial charge in [-0.3, -0.25) is 9.00 Å². The van der Waals surface area contributed by atoms with Crippen molar-refractivity contribution in [2.75, 3.05) is 25.1 Å². The molecule has 0 aliphatic rings. The molecule has 1 atom stereocenters. The molecule has 0 aromatic heterocycles. The lowest BCUT2D eigenvalue weighted by atomic mass is 10.2. The first-order valence-corrected chi connectivity index (χ1v) is 7.22. The van der Waals surface area contributed by atoms with Crippen LogP contribution in [0.5, 0.6) is 0 Å². The highest BCUT2D eigenvalue weighted by molar-refractivity contribution is 7.84. The summed E-state index contributed by atoms with van der Waals surface area (Å²) in [6.45, 7) is 1.41. The van der Waals surface area contributed by atoms with Crippen molar-refractivity contribution in [1.29, 1.82) is 0 Å². The number of benzene rings is 1. The van der Waals surface area contributed by atoms with Crippen molar-refractivity contribution in [3.8, 4) is 0 Å². The average Bonchev–Trinajstić information content (AvgIpc) is 2.33. The first-order valence-electron chi connectivity index (χ1n) is 5.50. The average molecular weight is 254 g/mol. The van der Waals surface area contributed by atoms with Gasteiger partial charge in [0.2, 0.25) is 5.91 Å². The largest absolute Gasteiger partial charge is 0.351 e. The number of carbonyl (C=O) groups is 1. The van der Waals surface area contributed by atoms with Crippen LogP contribution in [0.25, 0.3) is 0 Å². The number of hydrogen-bond acceptors (Lipinski definition) is 3. The van der Waals surface area contributed by atoms with Crippen molar-refractivity contribution in [2.45, 2.75) is 6.54 Å². The molecular formula is C12H18N2O2S. The summed E-state index contributed by atoms with van der Waals surface area (Å²) in [4.78, 5) is 11.4. The normalized spacial score (nSPS) is 12.1. The van der Waals surface area contributed by atoms with Gasteiger partial charge in [-0.2, -0.15) is 0 Å². The molecule has 0 aliphatic heterocycles. The van der Waals surface area contributed by atoms with Gasteiger partial charge in [0.1, 0.15) is 0 Å². The molecule has 0 heterocycles. The van der Waals surface area contributed by atoms with Crippen molar-refractivity contribution < 1.29 is 9.00 Å². The number of nitrogens with one attached hydrogen (secondary N) is 2. The Morgan fingerprint density at radius 2 is 2.00 bits per heavy atom. The molecule has 2 N–H and O–H groups in total. The molecule has 1 unspecified atom stereocenters. The second-order valence-electron chi connectivity index (χ2n) is 3.72. The molecule has 1 aromatic carbocycles. The van der Waals surface area contributed by atoms with Crippen LogP contribution in [0, 0.1) is 0 Å². The zero-order chi connectivity index (χ0) is 12.5. The zero-order valence-corrected chi connectivity index (χ0v) is 10.8. The van der Waals surface area contributed by atoms with E-state index in [1.165, 1.54) is 0 Å². The van der Waals surface area contributed by atoms with Crippen LogP contribution in [0.4, 0.5) is 0 Å². The molecule has 1 amide bonds. The zero-order valence-electron chi connectivity index (χ0n) is 9.94. The third-order valence-corrected chi connectivity index (χ3v) is 2.96. The van der Waals surface area contributed by atoms with Gasteiger partial charge in [0.15, 0.2) is 0 Å². The van der Waals surface area contributed by atoms with Crippen molar-refractivity contribution in [3.63, 3.8) is 0 Å². The lowest BCUT2D eigenvalue weighted by molar-refractivity contribution is -0.120. The van der Waals surface area contributed by atoms with Crippen molar-refractivity contribution in [3.05, 3.63) is 35.9 Å². The van der Waals surface area contributed by atoms with Crippen LogP contribution in [0.15, 0.2) is 30.3 Å². The second kappa shape index (κ2) is 7.97. The molecule has 0 saturated heterocycles. The summed E-state index contributed by atoms with van der Waals surface area (Å²) in [5.74, 6) is 0.530. The summed E-state index contributed by atoms with van der Waals surface area (Å²) in [5.41, 5.74) is 1.08. The fourth-order valence-corrected chi connectivity index (χ4v) is 1.71. The van der Waals surface area contributed by atoms with E-state index >= 15 is 0 Å². The van der Waals surface area contributed by atoms with Gasteiger partial charge in [0.25, 0.3) is 0 Å². The number of amides is 1. The Morgan fingerprint density at radius 3 is 2.65 bits per heavy atom. The first kappa shape index (κ1) is 13.9. The molecule has 0 aliphatic carbocycles. The van der Waals surface area contributed by atoms with E-state index in [9.17, 15) is 9.00 Å². The number of rotatable bonds is 7. The summed E-state index contributed by atoms with van der Waals surface area (Å²) in [6, 6.07) is 9.76. The summed E-state index contributed by atoms with van der Waals surface area (Å²) in [6.07, 6.45) is 1.65. The highest BCUT2D eigenvalue weighted by atomic mass is 32.2. The van der Waals surface area contributed by atoms with E-state index in [1.807, 2.05) is 30.3 Å². The number of carbonyl (C=O) groups excluding carboxylic acids is 1. The molecule has 0 radical (unpaired) electrons. The van der Waals surface area contributed by atoms with Crippen LogP contribution < -0.4 is 10.6 Å². The van der Waals surface area contributed by atoms with E-state index in [0.29, 0.717) is 18.8 Å². The Balaban J connectivity index is 2.11. The quantitative estimate of drug-likeness (QED) is 0.687. The Kier molecular flexibility index (Phi) is 6.50. The van der Waals surface area contributed by atoms with E-state index in [4.69, 9.17) is 0 Å². The second-order valence-corrected chi connectivity index (χ2v) is 5.27. The lowest BCUT2D eigenvalue weighted by Crippen LogP contribution is -2.35. The molecule has 5 heteroatoms. The minimum absolute atomic E-state index is 0.0456. The maximum absolute atomic E-state index is 11.4. The molecule has 1 aromatic rings. The maximum Gasteiger partial charge on any atom is 0.234 e. The molecule has 17 heavy (non-hydrogen) atoms. The van der Waals surface area contributed by atoms with E-state index in [2.05, 4.69) is 10.6 Å². The van der Waals surface area contributed by atoms with Gasteiger partial charge in [0.05, 0.1) is 6.54 Å². The van der Waals surface area contributed by atoms with Crippen molar-refractivity contribution in [1.82, 2.24) is 10.6 Å². The molecule has 4 nitrogen and oxygen atoms in total. The van der Waals surface area contributed by atoms with Gasteiger partial charge in [-0.25, -0.2) is 0 Å². The molecular weight excluding hydrogens is 236 g/mol. The Bertz CT molecular complexity index is 368. The van der Waals surface area contributed by atoms with E-state index in [1.54, 1.807) is 6.26 Å². The van der Waals surface area contributed by atoms with Crippen LogP contribution in [0.3, 0.4) is 0 Å². The first-order chi connectivity index (χ1) is 8.18. The van der Waals surface area contributed by atoms with E-state index < -0.39 is 10.8 Å². The van der Waals surface area contributed by atoms with Gasteiger partial charge in [-0.15, -0.1) is 0 Å². The number of hydrogen-bond donors (Lipinski definition) is 2. The predicted molar refractivity (Wildman–Crippen MR) is 70.1 cm³/mol. The standard InChI is InChI=1S/C12H18N2O2S/c1-17(16)8-7-13-10-12(15)14-9-11-5-3-2-4-6-11/h2-6,13H,7-10H2,1H3,(H,14,15). The molecule has 94 valence electrons. The van der Waals surface area contributed by atoms with Crippen LogP contribution in [0.2, 0.25) is 0 Å². The summed E-state index contributed by atoms with van der Waals surface area (Å²) < 4.78 is 10.8. The van der Waals surface area contributed by atoms with Gasteiger partial charge in [0, 0.05) is 35.9 Å². The third-order valence-electron chi connectivity index (χ3n) is 2.18. The van der Waals surface area contributed by atoms with Gasteiger partial charge >= 0.3 is 0 Å². The monoisotopic (exact) mass is 254 g/mol. The molecule has 1 rings (SSSR count).